The van der Waals surface area contributed by atoms with Gasteiger partial charge in [0.1, 0.15) is 0 Å². The summed E-state index contributed by atoms with van der Waals surface area (Å²) in [5.41, 5.74) is 1.00. The van der Waals surface area contributed by atoms with Crippen LogP contribution in [0.1, 0.15) is 18.4 Å². The largest absolute Gasteiger partial charge is 0.214 e. The fourth-order valence-corrected chi connectivity index (χ4v) is 3.68. The van der Waals surface area contributed by atoms with Gasteiger partial charge < -0.3 is 0 Å². The summed E-state index contributed by atoms with van der Waals surface area (Å²) in [7, 11) is -1.44. The molecule has 94 valence electrons. The van der Waals surface area contributed by atoms with Gasteiger partial charge in [-0.25, -0.2) is 12.7 Å². The molecule has 1 fully saturated rings. The summed E-state index contributed by atoms with van der Waals surface area (Å²) in [4.78, 5) is 0. The minimum absolute atomic E-state index is 0.303. The second kappa shape index (κ2) is 5.08. The second-order valence-electron chi connectivity index (χ2n) is 4.61. The van der Waals surface area contributed by atoms with E-state index in [1.54, 1.807) is 7.05 Å². The lowest BCUT2D eigenvalue weighted by Crippen LogP contribution is -2.29. The zero-order valence-electron chi connectivity index (χ0n) is 9.77. The van der Waals surface area contributed by atoms with E-state index in [0.717, 1.165) is 22.9 Å². The number of rotatable bonds is 5. The summed E-state index contributed by atoms with van der Waals surface area (Å²) < 4.78 is 26.4. The van der Waals surface area contributed by atoms with Gasteiger partial charge in [-0.1, -0.05) is 28.1 Å². The third-order valence-electron chi connectivity index (χ3n) is 2.91. The lowest BCUT2D eigenvalue weighted by molar-refractivity contribution is 0.464. The molecule has 0 heterocycles. The van der Waals surface area contributed by atoms with E-state index in [4.69, 9.17) is 0 Å². The number of hydrogen-bond donors (Lipinski definition) is 0. The molecule has 17 heavy (non-hydrogen) atoms. The Morgan fingerprint density at radius 2 is 2.12 bits per heavy atom. The van der Waals surface area contributed by atoms with E-state index in [9.17, 15) is 8.42 Å². The summed E-state index contributed by atoms with van der Waals surface area (Å²) in [5, 5.41) is 0. The molecule has 0 unspecified atom stereocenters. The normalized spacial score (nSPS) is 16.4. The summed E-state index contributed by atoms with van der Waals surface area (Å²) in [6, 6.07) is 7.74. The van der Waals surface area contributed by atoms with Crippen molar-refractivity contribution in [2.75, 3.05) is 12.8 Å². The molecule has 1 aromatic rings. The topological polar surface area (TPSA) is 37.4 Å². The average Bonchev–Trinajstić information content (AvgIpc) is 3.00. The van der Waals surface area contributed by atoms with Gasteiger partial charge in [0.15, 0.2) is 0 Å². The van der Waals surface area contributed by atoms with E-state index in [1.165, 1.54) is 4.31 Å². The molecule has 0 saturated heterocycles. The molecule has 0 spiro atoms. The van der Waals surface area contributed by atoms with Gasteiger partial charge in [-0.05, 0) is 36.5 Å². The summed E-state index contributed by atoms with van der Waals surface area (Å²) in [6.07, 6.45) is 2.12. The second-order valence-corrected chi connectivity index (χ2v) is 7.64. The zero-order chi connectivity index (χ0) is 12.5. The highest BCUT2D eigenvalue weighted by Gasteiger charge is 2.30. The molecule has 2 rings (SSSR count). The molecule has 1 saturated carbocycles. The van der Waals surface area contributed by atoms with E-state index in [-0.39, 0.29) is 0 Å². The number of benzene rings is 1. The molecular formula is C12H16BrNO2S. The monoisotopic (exact) mass is 317 g/mol. The van der Waals surface area contributed by atoms with E-state index in [1.807, 2.05) is 24.3 Å². The highest BCUT2D eigenvalue weighted by molar-refractivity contribution is 9.10. The molecule has 0 aromatic heterocycles. The quantitative estimate of drug-likeness (QED) is 0.837. The Labute approximate surface area is 111 Å². The Morgan fingerprint density at radius 1 is 1.41 bits per heavy atom. The fourth-order valence-electron chi connectivity index (χ4n) is 1.70. The van der Waals surface area contributed by atoms with Crippen LogP contribution in [0.15, 0.2) is 28.7 Å². The van der Waals surface area contributed by atoms with Crippen molar-refractivity contribution in [3.63, 3.8) is 0 Å². The molecule has 1 aromatic carbocycles. The van der Waals surface area contributed by atoms with E-state index < -0.39 is 10.0 Å². The minimum atomic E-state index is -3.09. The number of halogens is 1. The lowest BCUT2D eigenvalue weighted by Gasteiger charge is -2.17. The molecule has 0 aliphatic heterocycles. The van der Waals surface area contributed by atoms with Gasteiger partial charge >= 0.3 is 0 Å². The molecule has 0 bridgehead atoms. The van der Waals surface area contributed by atoms with Crippen molar-refractivity contribution in [3.8, 4) is 0 Å². The van der Waals surface area contributed by atoms with Crippen LogP contribution in [0.3, 0.4) is 0 Å². The Morgan fingerprint density at radius 3 is 2.71 bits per heavy atom. The molecule has 0 radical (unpaired) electrons. The number of nitrogens with zero attached hydrogens (tertiary/aromatic N) is 1. The SMILES string of the molecule is CN(Cc1cccc(Br)c1)S(=O)(=O)CC1CC1. The molecule has 1 aliphatic carbocycles. The van der Waals surface area contributed by atoms with Crippen LogP contribution in [0.2, 0.25) is 0 Å². The van der Waals surface area contributed by atoms with Gasteiger partial charge in [-0.3, -0.25) is 0 Å². The molecule has 0 atom stereocenters. The van der Waals surface area contributed by atoms with Crippen molar-refractivity contribution in [3.05, 3.63) is 34.3 Å². The summed E-state index contributed by atoms with van der Waals surface area (Å²) >= 11 is 3.38. The average molecular weight is 318 g/mol. The molecule has 5 heteroatoms. The molecular weight excluding hydrogens is 302 g/mol. The fraction of sp³-hybridized carbons (Fsp3) is 0.500. The first-order valence-electron chi connectivity index (χ1n) is 5.66. The van der Waals surface area contributed by atoms with Gasteiger partial charge in [0, 0.05) is 18.1 Å². The van der Waals surface area contributed by atoms with Gasteiger partial charge in [0.2, 0.25) is 10.0 Å². The Kier molecular flexibility index (Phi) is 3.90. The van der Waals surface area contributed by atoms with Crippen LogP contribution in [0.5, 0.6) is 0 Å². The van der Waals surface area contributed by atoms with E-state index in [2.05, 4.69) is 15.9 Å². The van der Waals surface area contributed by atoms with Crippen LogP contribution >= 0.6 is 15.9 Å². The summed E-state index contributed by atoms with van der Waals surface area (Å²) in [5.74, 6) is 0.697. The van der Waals surface area contributed by atoms with E-state index in [0.29, 0.717) is 18.2 Å². The molecule has 1 aliphatic rings. The van der Waals surface area contributed by atoms with Crippen LogP contribution in [-0.2, 0) is 16.6 Å². The predicted octanol–water partition coefficient (Wildman–Crippen LogP) is 2.62. The maximum absolute atomic E-state index is 12.0. The van der Waals surface area contributed by atoms with Crippen molar-refractivity contribution in [2.24, 2.45) is 5.92 Å². The van der Waals surface area contributed by atoms with Gasteiger partial charge in [-0.2, -0.15) is 0 Å². The maximum atomic E-state index is 12.0. The maximum Gasteiger partial charge on any atom is 0.214 e. The summed E-state index contributed by atoms with van der Waals surface area (Å²) in [6.45, 7) is 0.439. The van der Waals surface area contributed by atoms with Gasteiger partial charge in [0.25, 0.3) is 0 Å². The molecule has 0 N–H and O–H groups in total. The zero-order valence-corrected chi connectivity index (χ0v) is 12.2. The van der Waals surface area contributed by atoms with Gasteiger partial charge in [-0.15, -0.1) is 0 Å². The van der Waals surface area contributed by atoms with Crippen LogP contribution in [0.4, 0.5) is 0 Å². The first kappa shape index (κ1) is 13.1. The smallest absolute Gasteiger partial charge is 0.212 e. The van der Waals surface area contributed by atoms with Crippen molar-refractivity contribution in [2.45, 2.75) is 19.4 Å². The number of sulfonamides is 1. The first-order chi connectivity index (χ1) is 7.97. The molecule has 3 nitrogen and oxygen atoms in total. The van der Waals surface area contributed by atoms with Crippen LogP contribution in [0.25, 0.3) is 0 Å². The van der Waals surface area contributed by atoms with Crippen LogP contribution < -0.4 is 0 Å². The highest BCUT2D eigenvalue weighted by atomic mass is 79.9. The van der Waals surface area contributed by atoms with Crippen molar-refractivity contribution < 1.29 is 8.42 Å². The van der Waals surface area contributed by atoms with Gasteiger partial charge in [0.05, 0.1) is 5.75 Å². The number of hydrogen-bond acceptors (Lipinski definition) is 2. The molecule has 0 amide bonds. The van der Waals surface area contributed by atoms with Crippen molar-refractivity contribution in [1.82, 2.24) is 4.31 Å². The van der Waals surface area contributed by atoms with Crippen molar-refractivity contribution in [1.29, 1.82) is 0 Å². The van der Waals surface area contributed by atoms with E-state index >= 15 is 0 Å². The Balaban J connectivity index is 2.02. The third kappa shape index (κ3) is 3.79. The van der Waals surface area contributed by atoms with Crippen molar-refractivity contribution >= 4 is 26.0 Å². The predicted molar refractivity (Wildman–Crippen MR) is 72.1 cm³/mol. The highest BCUT2D eigenvalue weighted by Crippen LogP contribution is 2.31. The first-order valence-corrected chi connectivity index (χ1v) is 8.06. The standard InChI is InChI=1S/C12H16BrNO2S/c1-14(17(15,16)9-10-5-6-10)8-11-3-2-4-12(13)7-11/h2-4,7,10H,5-6,8-9H2,1H3. The minimum Gasteiger partial charge on any atom is -0.212 e. The van der Waals surface area contributed by atoms with Crippen LogP contribution in [0, 0.1) is 5.92 Å². The lowest BCUT2D eigenvalue weighted by atomic mass is 10.2. The Hall–Kier alpha value is -0.390. The Bertz CT molecular complexity index is 497. The van der Waals surface area contributed by atoms with Crippen LogP contribution in [-0.4, -0.2) is 25.5 Å². The third-order valence-corrected chi connectivity index (χ3v) is 5.38.